The molecule has 2 saturated carbocycles. The number of hydrogen-bond donors (Lipinski definition) is 1. The standard InChI is InChI=1S/C13H24O3S/c1-17-13-8-6-12(7-9-13)16-15-11-4-2-10(14)3-5-11/h10-14H,2-9H2,1H3. The summed E-state index contributed by atoms with van der Waals surface area (Å²) >= 11 is 1.97. The maximum atomic E-state index is 9.40. The first kappa shape index (κ1) is 13.7. The molecule has 0 spiro atoms. The summed E-state index contributed by atoms with van der Waals surface area (Å²) in [6, 6.07) is 0. The van der Waals surface area contributed by atoms with Crippen LogP contribution in [-0.2, 0) is 9.78 Å². The third-order valence-corrected chi connectivity index (χ3v) is 5.06. The molecule has 0 radical (unpaired) electrons. The highest BCUT2D eigenvalue weighted by atomic mass is 32.2. The lowest BCUT2D eigenvalue weighted by atomic mass is 9.95. The zero-order valence-corrected chi connectivity index (χ0v) is 11.5. The van der Waals surface area contributed by atoms with Crippen molar-refractivity contribution in [3.05, 3.63) is 0 Å². The van der Waals surface area contributed by atoms with Crippen LogP contribution in [0.2, 0.25) is 0 Å². The first-order valence-corrected chi connectivity index (χ1v) is 8.09. The summed E-state index contributed by atoms with van der Waals surface area (Å²) in [7, 11) is 0. The van der Waals surface area contributed by atoms with Gasteiger partial charge in [0.15, 0.2) is 0 Å². The van der Waals surface area contributed by atoms with Crippen molar-refractivity contribution in [2.24, 2.45) is 0 Å². The van der Waals surface area contributed by atoms with Crippen LogP contribution in [0.4, 0.5) is 0 Å². The first-order chi connectivity index (χ1) is 8.28. The summed E-state index contributed by atoms with van der Waals surface area (Å²) in [6.07, 6.45) is 10.9. The van der Waals surface area contributed by atoms with Gasteiger partial charge in [-0.1, -0.05) is 0 Å². The van der Waals surface area contributed by atoms with Crippen molar-refractivity contribution in [1.29, 1.82) is 0 Å². The molecule has 1 N–H and O–H groups in total. The predicted molar refractivity (Wildman–Crippen MR) is 70.0 cm³/mol. The molecule has 2 rings (SSSR count). The molecule has 4 heteroatoms. The smallest absolute Gasteiger partial charge is 0.0932 e. The second kappa shape index (κ2) is 6.98. The van der Waals surface area contributed by atoms with E-state index >= 15 is 0 Å². The van der Waals surface area contributed by atoms with Crippen LogP contribution in [-0.4, -0.2) is 34.9 Å². The van der Waals surface area contributed by atoms with Crippen LogP contribution in [0.25, 0.3) is 0 Å². The highest BCUT2D eigenvalue weighted by Gasteiger charge is 2.25. The Hall–Kier alpha value is 0.230. The van der Waals surface area contributed by atoms with Crippen molar-refractivity contribution in [2.75, 3.05) is 6.26 Å². The van der Waals surface area contributed by atoms with Crippen molar-refractivity contribution in [3.63, 3.8) is 0 Å². The molecule has 0 aromatic heterocycles. The Morgan fingerprint density at radius 3 is 1.76 bits per heavy atom. The molecule has 2 aliphatic carbocycles. The molecule has 0 aromatic rings. The maximum absolute atomic E-state index is 9.40. The van der Waals surface area contributed by atoms with Gasteiger partial charge in [0.1, 0.15) is 0 Å². The number of hydrogen-bond acceptors (Lipinski definition) is 4. The third kappa shape index (κ3) is 4.43. The lowest BCUT2D eigenvalue weighted by Crippen LogP contribution is -2.28. The van der Waals surface area contributed by atoms with Crippen LogP contribution in [0.3, 0.4) is 0 Å². The summed E-state index contributed by atoms with van der Waals surface area (Å²) < 4.78 is 0. The van der Waals surface area contributed by atoms with Gasteiger partial charge < -0.3 is 5.11 Å². The lowest BCUT2D eigenvalue weighted by molar-refractivity contribution is -0.359. The maximum Gasteiger partial charge on any atom is 0.0932 e. The Labute approximate surface area is 108 Å². The van der Waals surface area contributed by atoms with Gasteiger partial charge in [-0.05, 0) is 57.6 Å². The van der Waals surface area contributed by atoms with Crippen LogP contribution < -0.4 is 0 Å². The fourth-order valence-corrected chi connectivity index (χ4v) is 3.41. The fraction of sp³-hybridized carbons (Fsp3) is 1.00. The van der Waals surface area contributed by atoms with E-state index in [4.69, 9.17) is 9.78 Å². The predicted octanol–water partition coefficient (Wildman–Crippen LogP) is 2.91. The SMILES string of the molecule is CSC1CCC(OOC2CCC(O)CC2)CC1. The Morgan fingerprint density at radius 1 is 0.824 bits per heavy atom. The zero-order chi connectivity index (χ0) is 12.1. The summed E-state index contributed by atoms with van der Waals surface area (Å²) in [5.41, 5.74) is 0. The largest absolute Gasteiger partial charge is 0.393 e. The summed E-state index contributed by atoms with van der Waals surface area (Å²) in [6.45, 7) is 0. The van der Waals surface area contributed by atoms with Gasteiger partial charge in [0, 0.05) is 5.25 Å². The summed E-state index contributed by atoms with van der Waals surface area (Å²) in [5, 5.41) is 10.2. The molecule has 2 aliphatic rings. The summed E-state index contributed by atoms with van der Waals surface area (Å²) in [5.74, 6) is 0. The van der Waals surface area contributed by atoms with Crippen LogP contribution in [0, 0.1) is 0 Å². The topological polar surface area (TPSA) is 38.7 Å². The highest BCUT2D eigenvalue weighted by molar-refractivity contribution is 7.99. The fourth-order valence-electron chi connectivity index (χ4n) is 2.66. The van der Waals surface area contributed by atoms with Gasteiger partial charge in [-0.25, -0.2) is 9.78 Å². The monoisotopic (exact) mass is 260 g/mol. The number of aliphatic hydroxyl groups excluding tert-OH is 1. The third-order valence-electron chi connectivity index (χ3n) is 3.93. The van der Waals surface area contributed by atoms with Crippen molar-refractivity contribution in [3.8, 4) is 0 Å². The molecule has 0 unspecified atom stereocenters. The minimum Gasteiger partial charge on any atom is -0.393 e. The molecule has 0 atom stereocenters. The molecule has 3 nitrogen and oxygen atoms in total. The molecule has 0 amide bonds. The molecule has 0 saturated heterocycles. The van der Waals surface area contributed by atoms with Crippen LogP contribution in [0.1, 0.15) is 51.4 Å². The van der Waals surface area contributed by atoms with Gasteiger partial charge in [0.05, 0.1) is 18.3 Å². The van der Waals surface area contributed by atoms with E-state index in [1.165, 1.54) is 12.8 Å². The molecule has 0 heterocycles. The number of thioether (sulfide) groups is 1. The molecular formula is C13H24O3S. The quantitative estimate of drug-likeness (QED) is 0.623. The van der Waals surface area contributed by atoms with Gasteiger partial charge in [-0.15, -0.1) is 0 Å². The van der Waals surface area contributed by atoms with E-state index in [9.17, 15) is 5.11 Å². The molecule has 0 bridgehead atoms. The van der Waals surface area contributed by atoms with Crippen molar-refractivity contribution in [2.45, 2.75) is 74.9 Å². The second-order valence-corrected chi connectivity index (χ2v) is 6.40. The Balaban J connectivity index is 1.59. The Bertz CT molecular complexity index is 209. The van der Waals surface area contributed by atoms with Gasteiger partial charge in [-0.2, -0.15) is 11.8 Å². The van der Waals surface area contributed by atoms with Gasteiger partial charge in [0.2, 0.25) is 0 Å². The molecule has 100 valence electrons. The number of rotatable bonds is 4. The van der Waals surface area contributed by atoms with E-state index in [2.05, 4.69) is 6.26 Å². The van der Waals surface area contributed by atoms with E-state index in [-0.39, 0.29) is 12.2 Å². The van der Waals surface area contributed by atoms with E-state index in [1.807, 2.05) is 11.8 Å². The minimum atomic E-state index is -0.119. The van der Waals surface area contributed by atoms with Crippen LogP contribution >= 0.6 is 11.8 Å². The van der Waals surface area contributed by atoms with Crippen LogP contribution in [0.5, 0.6) is 0 Å². The zero-order valence-electron chi connectivity index (χ0n) is 10.6. The average Bonchev–Trinajstić information content (AvgIpc) is 2.39. The average molecular weight is 260 g/mol. The van der Waals surface area contributed by atoms with E-state index in [0.29, 0.717) is 6.10 Å². The highest BCUT2D eigenvalue weighted by Crippen LogP contribution is 2.29. The second-order valence-electron chi connectivity index (χ2n) is 5.26. The van der Waals surface area contributed by atoms with Gasteiger partial charge >= 0.3 is 0 Å². The van der Waals surface area contributed by atoms with Crippen molar-refractivity contribution < 1.29 is 14.9 Å². The molecule has 0 aliphatic heterocycles. The van der Waals surface area contributed by atoms with Gasteiger partial charge in [-0.3, -0.25) is 0 Å². The molecule has 17 heavy (non-hydrogen) atoms. The summed E-state index contributed by atoms with van der Waals surface area (Å²) in [4.78, 5) is 11.1. The molecule has 2 fully saturated rings. The van der Waals surface area contributed by atoms with Crippen LogP contribution in [0.15, 0.2) is 0 Å². The van der Waals surface area contributed by atoms with E-state index in [0.717, 1.165) is 43.8 Å². The normalized spacial score (nSPS) is 39.2. The van der Waals surface area contributed by atoms with E-state index < -0.39 is 0 Å². The lowest BCUT2D eigenvalue weighted by Gasteiger charge is -2.29. The minimum absolute atomic E-state index is 0.119. The van der Waals surface area contributed by atoms with Crippen molar-refractivity contribution in [1.82, 2.24) is 0 Å². The van der Waals surface area contributed by atoms with Gasteiger partial charge in [0.25, 0.3) is 0 Å². The first-order valence-electron chi connectivity index (χ1n) is 6.81. The molecule has 0 aromatic carbocycles. The van der Waals surface area contributed by atoms with E-state index in [1.54, 1.807) is 0 Å². The van der Waals surface area contributed by atoms with Crippen molar-refractivity contribution >= 4 is 11.8 Å². The Morgan fingerprint density at radius 2 is 1.29 bits per heavy atom. The Kier molecular flexibility index (Phi) is 5.60. The molecular weight excluding hydrogens is 236 g/mol. The number of aliphatic hydroxyl groups is 1.